The summed E-state index contributed by atoms with van der Waals surface area (Å²) in [7, 11) is 0. The van der Waals surface area contributed by atoms with E-state index in [1.165, 1.54) is 6.07 Å². The fraction of sp³-hybridized carbons (Fsp3) is 0.450. The lowest BCUT2D eigenvalue weighted by Crippen LogP contribution is -2.44. The molecule has 0 aromatic carbocycles. The number of hydrogen-bond donors (Lipinski definition) is 0. The summed E-state index contributed by atoms with van der Waals surface area (Å²) in [6, 6.07) is 5.43. The minimum Gasteiger partial charge on any atom is -0.381 e. The summed E-state index contributed by atoms with van der Waals surface area (Å²) in [4.78, 5) is 19.1. The van der Waals surface area contributed by atoms with Crippen molar-refractivity contribution in [1.82, 2.24) is 19.7 Å². The van der Waals surface area contributed by atoms with Crippen molar-refractivity contribution in [1.29, 1.82) is 0 Å². The average molecular weight is 400 g/mol. The van der Waals surface area contributed by atoms with E-state index in [0.717, 1.165) is 52.4 Å². The van der Waals surface area contributed by atoms with Crippen molar-refractivity contribution in [3.8, 4) is 11.3 Å². The Labute approximate surface area is 165 Å². The summed E-state index contributed by atoms with van der Waals surface area (Å²) in [6.45, 7) is 4.53. The molecule has 0 saturated carbocycles. The summed E-state index contributed by atoms with van der Waals surface area (Å²) in [6.07, 6.45) is 3.52. The number of hydrogen-bond acceptors (Lipinski definition) is 5. The number of carbonyl (C=O) groups is 1. The number of nitrogens with zero attached hydrogens (tertiary/aromatic N) is 4. The smallest absolute Gasteiger partial charge is 0.228 e. The molecule has 0 N–H and O–H groups in total. The van der Waals surface area contributed by atoms with Crippen molar-refractivity contribution in [2.24, 2.45) is 5.92 Å². The average Bonchev–Trinajstić information content (AvgIpc) is 3.30. The van der Waals surface area contributed by atoms with E-state index in [2.05, 4.69) is 11.9 Å². The minimum atomic E-state index is -0.251. The van der Waals surface area contributed by atoms with Gasteiger partial charge in [0.2, 0.25) is 5.91 Å². The van der Waals surface area contributed by atoms with Crippen molar-refractivity contribution in [2.45, 2.75) is 32.4 Å². The normalized spacial score (nSPS) is 22.4. The Hall–Kier alpha value is -2.32. The van der Waals surface area contributed by atoms with E-state index in [-0.39, 0.29) is 23.0 Å². The van der Waals surface area contributed by atoms with Crippen molar-refractivity contribution in [3.63, 3.8) is 0 Å². The van der Waals surface area contributed by atoms with Crippen LogP contribution in [-0.4, -0.2) is 45.3 Å². The largest absolute Gasteiger partial charge is 0.381 e. The van der Waals surface area contributed by atoms with Crippen molar-refractivity contribution in [3.05, 3.63) is 35.2 Å². The third-order valence-corrected chi connectivity index (χ3v) is 6.49. The lowest BCUT2D eigenvalue weighted by Gasteiger charge is -2.35. The maximum absolute atomic E-state index is 13.7. The standard InChI is InChI=1S/C20H21FN4O2S/c1-12-9-24(20(26)13-3-2-6-27-11-13)10-14-7-16(23-25(12)14)15-4-5-22-17-8-18(21)28-19(15)17/h4-5,7-8,12-13H,2-3,6,9-11H2,1H3/t12-,13+/m0/s1. The first-order valence-corrected chi connectivity index (χ1v) is 10.4. The molecule has 28 heavy (non-hydrogen) atoms. The lowest BCUT2D eigenvalue weighted by molar-refractivity contribution is -0.141. The van der Waals surface area contributed by atoms with Gasteiger partial charge in [0.15, 0.2) is 5.13 Å². The van der Waals surface area contributed by atoms with E-state index >= 15 is 0 Å². The first-order valence-electron chi connectivity index (χ1n) is 9.59. The van der Waals surface area contributed by atoms with Gasteiger partial charge >= 0.3 is 0 Å². The van der Waals surface area contributed by atoms with Crippen molar-refractivity contribution >= 4 is 27.5 Å². The van der Waals surface area contributed by atoms with Gasteiger partial charge < -0.3 is 9.64 Å². The Morgan fingerprint density at radius 3 is 3.11 bits per heavy atom. The first kappa shape index (κ1) is 17.8. The highest BCUT2D eigenvalue weighted by Crippen LogP contribution is 2.34. The van der Waals surface area contributed by atoms with Gasteiger partial charge in [-0.1, -0.05) is 0 Å². The second-order valence-corrected chi connectivity index (χ2v) is 8.57. The highest BCUT2D eigenvalue weighted by Gasteiger charge is 2.32. The van der Waals surface area contributed by atoms with Crippen LogP contribution in [0.1, 0.15) is 31.5 Å². The quantitative estimate of drug-likeness (QED) is 0.659. The summed E-state index contributed by atoms with van der Waals surface area (Å²) < 4.78 is 22.0. The fourth-order valence-corrected chi connectivity index (χ4v) is 5.06. The van der Waals surface area contributed by atoms with Crippen LogP contribution in [0.25, 0.3) is 21.5 Å². The van der Waals surface area contributed by atoms with Crippen LogP contribution in [0.2, 0.25) is 0 Å². The lowest BCUT2D eigenvalue weighted by atomic mass is 10.00. The van der Waals surface area contributed by atoms with E-state index in [1.54, 1.807) is 6.20 Å². The number of halogens is 1. The molecule has 0 radical (unpaired) electrons. The monoisotopic (exact) mass is 400 g/mol. The van der Waals surface area contributed by atoms with Crippen LogP contribution in [0.5, 0.6) is 0 Å². The number of fused-ring (bicyclic) bond motifs is 2. The summed E-state index contributed by atoms with van der Waals surface area (Å²) in [5, 5.41) is 4.53. The molecule has 2 atom stereocenters. The topological polar surface area (TPSA) is 60.3 Å². The van der Waals surface area contributed by atoms with Crippen molar-refractivity contribution in [2.75, 3.05) is 19.8 Å². The Morgan fingerprint density at radius 2 is 2.29 bits per heavy atom. The van der Waals surface area contributed by atoms with Crippen LogP contribution in [-0.2, 0) is 16.1 Å². The molecular weight excluding hydrogens is 379 g/mol. The van der Waals surface area contributed by atoms with Crippen LogP contribution in [0.15, 0.2) is 24.4 Å². The maximum atomic E-state index is 13.7. The molecule has 5 heterocycles. The van der Waals surface area contributed by atoms with E-state index in [0.29, 0.717) is 25.2 Å². The highest BCUT2D eigenvalue weighted by molar-refractivity contribution is 7.18. The third kappa shape index (κ3) is 3.00. The molecule has 0 aliphatic carbocycles. The third-order valence-electron chi connectivity index (χ3n) is 5.55. The first-order chi connectivity index (χ1) is 13.6. The highest BCUT2D eigenvalue weighted by atomic mass is 32.1. The second-order valence-electron chi connectivity index (χ2n) is 7.57. The molecule has 5 rings (SSSR count). The molecule has 0 bridgehead atoms. The molecule has 2 aliphatic rings. The maximum Gasteiger partial charge on any atom is 0.228 e. The number of carbonyl (C=O) groups excluding carboxylic acids is 1. The zero-order valence-electron chi connectivity index (χ0n) is 15.6. The van der Waals surface area contributed by atoms with E-state index in [9.17, 15) is 9.18 Å². The Balaban J connectivity index is 1.46. The summed E-state index contributed by atoms with van der Waals surface area (Å²) in [5.74, 6) is 0.135. The van der Waals surface area contributed by atoms with E-state index < -0.39 is 0 Å². The van der Waals surface area contributed by atoms with Gasteiger partial charge in [0.25, 0.3) is 0 Å². The molecule has 2 aliphatic heterocycles. The number of amides is 1. The summed E-state index contributed by atoms with van der Waals surface area (Å²) in [5.41, 5.74) is 3.33. The minimum absolute atomic E-state index is 0.0381. The molecular formula is C20H21FN4O2S. The second kappa shape index (κ2) is 6.93. The molecule has 3 aromatic rings. The number of pyridine rings is 1. The van der Waals surface area contributed by atoms with Gasteiger partial charge in [0, 0.05) is 31.0 Å². The predicted molar refractivity (Wildman–Crippen MR) is 104 cm³/mol. The Bertz CT molecular complexity index is 1040. The number of aromatic nitrogens is 3. The Morgan fingerprint density at radius 1 is 1.39 bits per heavy atom. The van der Waals surface area contributed by atoms with Crippen LogP contribution in [0.3, 0.4) is 0 Å². The molecule has 8 heteroatoms. The van der Waals surface area contributed by atoms with E-state index in [1.807, 2.05) is 21.7 Å². The van der Waals surface area contributed by atoms with Gasteiger partial charge in [-0.25, -0.2) is 0 Å². The molecule has 0 spiro atoms. The molecule has 1 saturated heterocycles. The van der Waals surface area contributed by atoms with Gasteiger partial charge in [-0.2, -0.15) is 9.49 Å². The molecule has 0 unspecified atom stereocenters. The van der Waals surface area contributed by atoms with Gasteiger partial charge in [0.1, 0.15) is 0 Å². The van der Waals surface area contributed by atoms with Crippen molar-refractivity contribution < 1.29 is 13.9 Å². The van der Waals surface area contributed by atoms with Gasteiger partial charge in [-0.05, 0) is 31.9 Å². The Kier molecular flexibility index (Phi) is 4.40. The zero-order valence-corrected chi connectivity index (χ0v) is 16.4. The molecule has 6 nitrogen and oxygen atoms in total. The van der Waals surface area contributed by atoms with Crippen LogP contribution in [0.4, 0.5) is 4.39 Å². The molecule has 1 amide bonds. The van der Waals surface area contributed by atoms with Gasteiger partial charge in [-0.3, -0.25) is 14.5 Å². The number of rotatable bonds is 2. The molecule has 146 valence electrons. The van der Waals surface area contributed by atoms with Gasteiger partial charge in [-0.15, -0.1) is 11.3 Å². The fourth-order valence-electron chi connectivity index (χ4n) is 4.19. The molecule has 3 aromatic heterocycles. The summed E-state index contributed by atoms with van der Waals surface area (Å²) >= 11 is 1.09. The SMILES string of the molecule is C[C@H]1CN(C(=O)[C@@H]2CCCOC2)Cc2cc(-c3ccnc4cc(F)sc34)nn21. The van der Waals surface area contributed by atoms with Crippen LogP contribution >= 0.6 is 11.3 Å². The van der Waals surface area contributed by atoms with Crippen LogP contribution in [0, 0.1) is 11.0 Å². The zero-order chi connectivity index (χ0) is 19.3. The van der Waals surface area contributed by atoms with Crippen LogP contribution < -0.4 is 0 Å². The van der Waals surface area contributed by atoms with Gasteiger partial charge in [0.05, 0.1) is 46.7 Å². The number of ether oxygens (including phenoxy) is 1. The molecule has 1 fully saturated rings. The predicted octanol–water partition coefficient (Wildman–Crippen LogP) is 3.63. The number of thiophene rings is 1. The van der Waals surface area contributed by atoms with E-state index in [4.69, 9.17) is 9.84 Å².